The molecule has 0 aliphatic rings. The van der Waals surface area contributed by atoms with Crippen LogP contribution in [0.4, 0.5) is 0 Å². The van der Waals surface area contributed by atoms with Crippen LogP contribution < -0.4 is 10.7 Å². The van der Waals surface area contributed by atoms with Crippen LogP contribution in [0.1, 0.15) is 37.8 Å². The Bertz CT molecular complexity index is 1090. The summed E-state index contributed by atoms with van der Waals surface area (Å²) in [6.07, 6.45) is 1.04. The molecule has 4 aromatic carbocycles. The van der Waals surface area contributed by atoms with Gasteiger partial charge in [-0.2, -0.15) is 0 Å². The number of hydrogen-bond acceptors (Lipinski definition) is 2. The van der Waals surface area contributed by atoms with Crippen molar-refractivity contribution in [1.29, 1.82) is 0 Å². The van der Waals surface area contributed by atoms with Gasteiger partial charge in [-0.1, -0.05) is 0 Å². The first-order valence-electron chi connectivity index (χ1n) is 12.0. The molecular formula is C31H32O2Sn. The second-order valence-corrected chi connectivity index (χ2v) is 18.7. The molecule has 34 heavy (non-hydrogen) atoms. The van der Waals surface area contributed by atoms with Gasteiger partial charge >= 0.3 is 209 Å². The third-order valence-corrected chi connectivity index (χ3v) is 17.5. The number of hydrogen-bond donors (Lipinski definition) is 0. The van der Waals surface area contributed by atoms with Gasteiger partial charge in [-0.15, -0.1) is 0 Å². The van der Waals surface area contributed by atoms with Crippen LogP contribution in [-0.2, 0) is 14.3 Å². The van der Waals surface area contributed by atoms with Crippen molar-refractivity contribution in [3.8, 4) is 0 Å². The first-order chi connectivity index (χ1) is 16.5. The predicted octanol–water partition coefficient (Wildman–Crippen LogP) is 5.20. The van der Waals surface area contributed by atoms with Crippen molar-refractivity contribution >= 4 is 35.5 Å². The van der Waals surface area contributed by atoms with Crippen LogP contribution in [0.25, 0.3) is 0 Å². The Morgan fingerprint density at radius 1 is 0.647 bits per heavy atom. The van der Waals surface area contributed by atoms with Gasteiger partial charge in [-0.3, -0.25) is 0 Å². The third-order valence-electron chi connectivity index (χ3n) is 6.27. The van der Waals surface area contributed by atoms with E-state index < -0.39 is 18.8 Å². The molecule has 0 saturated carbocycles. The van der Waals surface area contributed by atoms with Crippen molar-refractivity contribution < 1.29 is 7.87 Å². The Kier molecular flexibility index (Phi) is 7.89. The Labute approximate surface area is 208 Å². The standard InChI is InChI=1S/C13H18O2.3C6H5.Sn/c1-9(2)8-11-4-6-12(7-5-11)10(3)13(14)15;3*1-2-4-6-5-3-1;/h4-7,9-10H,8H2,1-3H3,(H,14,15);3*1-5H;/q;;;;+1/p-1. The van der Waals surface area contributed by atoms with Crippen LogP contribution in [0.15, 0.2) is 115 Å². The molecule has 3 heteroatoms. The molecule has 0 bridgehead atoms. The van der Waals surface area contributed by atoms with E-state index >= 15 is 0 Å². The Morgan fingerprint density at radius 3 is 1.44 bits per heavy atom. The monoisotopic (exact) mass is 556 g/mol. The molecule has 0 saturated heterocycles. The summed E-state index contributed by atoms with van der Waals surface area (Å²) in [6.45, 7) is 6.39. The zero-order chi connectivity index (χ0) is 24.0. The van der Waals surface area contributed by atoms with Crippen molar-refractivity contribution in [2.24, 2.45) is 5.92 Å². The van der Waals surface area contributed by atoms with E-state index in [0.717, 1.165) is 22.7 Å². The molecule has 0 radical (unpaired) electrons. The summed E-state index contributed by atoms with van der Waals surface area (Å²) >= 11 is -4.10. The van der Waals surface area contributed by atoms with Crippen molar-refractivity contribution in [1.82, 2.24) is 0 Å². The van der Waals surface area contributed by atoms with Crippen LogP contribution in [-0.4, -0.2) is 24.8 Å². The molecule has 1 atom stereocenters. The van der Waals surface area contributed by atoms with Crippen LogP contribution in [0.3, 0.4) is 0 Å². The fraction of sp³-hybridized carbons (Fsp3) is 0.194. The van der Waals surface area contributed by atoms with Gasteiger partial charge in [-0.25, -0.2) is 0 Å². The zero-order valence-corrected chi connectivity index (χ0v) is 23.0. The van der Waals surface area contributed by atoms with Crippen LogP contribution in [0.2, 0.25) is 0 Å². The number of rotatable bonds is 8. The molecule has 0 N–H and O–H groups in total. The summed E-state index contributed by atoms with van der Waals surface area (Å²) in [7, 11) is 0. The number of benzene rings is 4. The second kappa shape index (κ2) is 11.0. The molecule has 172 valence electrons. The van der Waals surface area contributed by atoms with E-state index in [1.807, 2.05) is 61.5 Å². The molecule has 0 aromatic heterocycles. The quantitative estimate of drug-likeness (QED) is 0.280. The van der Waals surface area contributed by atoms with E-state index in [9.17, 15) is 4.79 Å². The average molecular weight is 555 g/mol. The van der Waals surface area contributed by atoms with Gasteiger partial charge < -0.3 is 0 Å². The van der Waals surface area contributed by atoms with Gasteiger partial charge in [0.05, 0.1) is 0 Å². The van der Waals surface area contributed by atoms with Gasteiger partial charge in [0.1, 0.15) is 0 Å². The molecular weight excluding hydrogens is 523 g/mol. The zero-order valence-electron chi connectivity index (χ0n) is 20.1. The van der Waals surface area contributed by atoms with E-state index in [4.69, 9.17) is 3.07 Å². The molecule has 0 amide bonds. The number of carbonyl (C=O) groups excluding carboxylic acids is 1. The second-order valence-electron chi connectivity index (χ2n) is 9.26. The molecule has 4 rings (SSSR count). The summed E-state index contributed by atoms with van der Waals surface area (Å²) in [4.78, 5) is 13.8. The molecule has 1 unspecified atom stereocenters. The Hall–Kier alpha value is -2.85. The number of carbonyl (C=O) groups is 1. The average Bonchev–Trinajstić information content (AvgIpc) is 2.88. The maximum atomic E-state index is 13.8. The normalized spacial score (nSPS) is 12.4. The van der Waals surface area contributed by atoms with Crippen molar-refractivity contribution in [2.75, 3.05) is 0 Å². The van der Waals surface area contributed by atoms with E-state index in [-0.39, 0.29) is 11.9 Å². The fourth-order valence-electron chi connectivity index (χ4n) is 4.48. The molecule has 0 heterocycles. The summed E-state index contributed by atoms with van der Waals surface area (Å²) < 4.78 is 10.2. The molecule has 0 aliphatic heterocycles. The molecule has 4 aromatic rings. The van der Waals surface area contributed by atoms with Crippen molar-refractivity contribution in [2.45, 2.75) is 33.1 Å². The first-order valence-corrected chi connectivity index (χ1v) is 17.4. The van der Waals surface area contributed by atoms with E-state index in [0.29, 0.717) is 5.92 Å². The van der Waals surface area contributed by atoms with Gasteiger partial charge in [-0.05, 0) is 0 Å². The van der Waals surface area contributed by atoms with Gasteiger partial charge in [0.2, 0.25) is 0 Å². The van der Waals surface area contributed by atoms with E-state index in [1.165, 1.54) is 5.56 Å². The predicted molar refractivity (Wildman–Crippen MR) is 143 cm³/mol. The Balaban J connectivity index is 1.76. The summed E-state index contributed by atoms with van der Waals surface area (Å²) in [5.74, 6) is 0.0924. The molecule has 2 nitrogen and oxygen atoms in total. The molecule has 0 fully saturated rings. The SMILES string of the molecule is CC(C)Cc1ccc(C(C)C(=O)[O][Sn]([c]2ccccc2)([c]2ccccc2)[c]2ccccc2)cc1. The topological polar surface area (TPSA) is 26.3 Å². The third kappa shape index (κ3) is 5.28. The van der Waals surface area contributed by atoms with Gasteiger partial charge in [0.15, 0.2) is 0 Å². The molecule has 0 aliphatic carbocycles. The van der Waals surface area contributed by atoms with Crippen molar-refractivity contribution in [3.63, 3.8) is 0 Å². The molecule has 0 spiro atoms. The summed E-state index contributed by atoms with van der Waals surface area (Å²) in [5.41, 5.74) is 2.29. The van der Waals surface area contributed by atoms with Gasteiger partial charge in [0.25, 0.3) is 0 Å². The van der Waals surface area contributed by atoms with Gasteiger partial charge in [0, 0.05) is 0 Å². The Morgan fingerprint density at radius 2 is 1.06 bits per heavy atom. The van der Waals surface area contributed by atoms with E-state index in [1.54, 1.807) is 0 Å². The maximum absolute atomic E-state index is 13.8. The minimum atomic E-state index is -4.10. The summed E-state index contributed by atoms with van der Waals surface area (Å²) in [6, 6.07) is 39.4. The van der Waals surface area contributed by atoms with Crippen LogP contribution in [0.5, 0.6) is 0 Å². The first kappa shape index (κ1) is 24.3. The summed E-state index contributed by atoms with van der Waals surface area (Å²) in [5, 5.41) is 0. The van der Waals surface area contributed by atoms with Crippen molar-refractivity contribution in [3.05, 3.63) is 126 Å². The van der Waals surface area contributed by atoms with Crippen LogP contribution in [0, 0.1) is 5.92 Å². The minimum absolute atomic E-state index is 0.163. The van der Waals surface area contributed by atoms with Crippen LogP contribution >= 0.6 is 0 Å². The fourth-order valence-corrected chi connectivity index (χ4v) is 15.4. The van der Waals surface area contributed by atoms with E-state index in [2.05, 4.69) is 74.5 Å².